The zero-order valence-electron chi connectivity index (χ0n) is 25.5. The van der Waals surface area contributed by atoms with Gasteiger partial charge in [-0.15, -0.1) is 0 Å². The van der Waals surface area contributed by atoms with Crippen LogP contribution in [-0.2, 0) is 9.59 Å². The number of nitrogens with zero attached hydrogens (tertiary/aromatic N) is 4. The van der Waals surface area contributed by atoms with Gasteiger partial charge in [-0.3, -0.25) is 34.1 Å². The number of aryl methyl sites for hydroxylation is 1. The number of carbonyl (C=O) groups excluding carboxylic acids is 2. The number of carbonyl (C=O) groups is 2. The maximum atomic E-state index is 13.8. The number of benzene rings is 1. The van der Waals surface area contributed by atoms with E-state index in [9.17, 15) is 14.4 Å². The summed E-state index contributed by atoms with van der Waals surface area (Å²) in [6, 6.07) is 6.28. The first-order valence-corrected chi connectivity index (χ1v) is 16.9. The molecule has 2 N–H and O–H groups in total. The van der Waals surface area contributed by atoms with Crippen molar-refractivity contribution in [2.75, 3.05) is 38.0 Å². The molecule has 8 aliphatic rings. The van der Waals surface area contributed by atoms with Crippen molar-refractivity contribution in [2.24, 2.45) is 23.2 Å². The molecule has 1 aromatic heterocycles. The second-order valence-electron chi connectivity index (χ2n) is 15.0. The fraction of sp³-hybridized carbons (Fsp3) is 0.706. The van der Waals surface area contributed by atoms with E-state index in [0.29, 0.717) is 40.6 Å². The van der Waals surface area contributed by atoms with Gasteiger partial charge < -0.3 is 5.32 Å². The summed E-state index contributed by atoms with van der Waals surface area (Å²) in [6.07, 6.45) is 13.7. The van der Waals surface area contributed by atoms with Crippen LogP contribution in [0, 0.1) is 30.1 Å². The smallest absolute Gasteiger partial charge is 0.264 e. The molecule has 6 bridgehead atoms. The van der Waals surface area contributed by atoms with Crippen molar-refractivity contribution >= 4 is 28.4 Å². The second-order valence-corrected chi connectivity index (χ2v) is 15.0. The number of nitrogens with one attached hydrogen (secondary N) is 2. The van der Waals surface area contributed by atoms with E-state index in [2.05, 4.69) is 25.4 Å². The third-order valence-electron chi connectivity index (χ3n) is 12.2. The average molecular weight is 587 g/mol. The Morgan fingerprint density at radius 1 is 0.930 bits per heavy atom. The Morgan fingerprint density at radius 3 is 2.26 bits per heavy atom. The summed E-state index contributed by atoms with van der Waals surface area (Å²) in [5.41, 5.74) is 1.82. The van der Waals surface area contributed by atoms with Crippen LogP contribution in [0.5, 0.6) is 0 Å². The minimum absolute atomic E-state index is 0.220. The Labute approximate surface area is 253 Å². The summed E-state index contributed by atoms with van der Waals surface area (Å²) in [4.78, 5) is 48.3. The maximum Gasteiger partial charge on any atom is 0.264 e. The highest BCUT2D eigenvalue weighted by Gasteiger charge is 2.51. The van der Waals surface area contributed by atoms with Gasteiger partial charge in [-0.2, -0.15) is 0 Å². The van der Waals surface area contributed by atoms with Gasteiger partial charge in [-0.25, -0.2) is 4.98 Å². The Morgan fingerprint density at radius 2 is 1.60 bits per heavy atom. The molecule has 3 atom stereocenters. The topological polar surface area (TPSA) is 99.6 Å². The lowest BCUT2D eigenvalue weighted by Gasteiger charge is -2.58. The predicted molar refractivity (Wildman–Crippen MR) is 166 cm³/mol. The first-order valence-electron chi connectivity index (χ1n) is 16.9. The molecule has 9 heteroatoms. The number of piperazine rings is 1. The van der Waals surface area contributed by atoms with Crippen LogP contribution in [0.25, 0.3) is 10.9 Å². The molecule has 43 heavy (non-hydrogen) atoms. The second kappa shape index (κ2) is 10.7. The molecule has 10 rings (SSSR count). The number of fused-ring (bicyclic) bond motifs is 4. The van der Waals surface area contributed by atoms with Gasteiger partial charge in [0.1, 0.15) is 11.9 Å². The molecule has 0 spiro atoms. The van der Waals surface area contributed by atoms with Gasteiger partial charge in [0.2, 0.25) is 11.8 Å². The van der Waals surface area contributed by atoms with E-state index in [1.54, 1.807) is 6.92 Å². The number of hydrogen-bond acceptors (Lipinski definition) is 7. The minimum atomic E-state index is -0.718. The van der Waals surface area contributed by atoms with Crippen LogP contribution in [-0.4, -0.2) is 76.0 Å². The van der Waals surface area contributed by atoms with Gasteiger partial charge in [0.25, 0.3) is 5.56 Å². The lowest BCUT2D eigenvalue weighted by atomic mass is 9.49. The average Bonchev–Trinajstić information content (AvgIpc) is 2.97. The molecule has 0 radical (unpaired) electrons. The predicted octanol–water partition coefficient (Wildman–Crippen LogP) is 3.85. The van der Waals surface area contributed by atoms with Crippen molar-refractivity contribution in [2.45, 2.75) is 95.7 Å². The molecule has 0 unspecified atom stereocenters. The lowest BCUT2D eigenvalue weighted by Crippen LogP contribution is -2.63. The number of anilines is 1. The van der Waals surface area contributed by atoms with E-state index < -0.39 is 11.9 Å². The van der Waals surface area contributed by atoms with Crippen molar-refractivity contribution in [1.82, 2.24) is 24.7 Å². The van der Waals surface area contributed by atoms with E-state index >= 15 is 0 Å². The molecule has 4 saturated heterocycles. The lowest BCUT2D eigenvalue weighted by molar-refractivity contribution is -0.135. The van der Waals surface area contributed by atoms with Crippen LogP contribution in [0.15, 0.2) is 23.0 Å². The fourth-order valence-corrected chi connectivity index (χ4v) is 10.7. The molecule has 4 aliphatic carbocycles. The molecular weight excluding hydrogens is 540 g/mol. The van der Waals surface area contributed by atoms with E-state index in [1.807, 2.05) is 18.2 Å². The van der Waals surface area contributed by atoms with Gasteiger partial charge in [0.05, 0.1) is 10.9 Å². The maximum absolute atomic E-state index is 13.8. The Kier molecular flexibility index (Phi) is 6.90. The Hall–Kier alpha value is -2.78. The number of amides is 2. The standard InChI is InChI=1S/C34H46N6O3/c1-21-36-28-4-2-3-27(31(28)33(43)40(21)29-7-8-30(41)37-32(29)42)35-10-12-39-20-25-5-6-26(39)19-38(25)11-9-34-16-22-13-23(17-34)15-24(14-22)18-34/h2-4,22-26,29,35H,5-20H2,1H3,(H,37,41,42)/t22?,23?,24?,25-,26-,29-,34?/m1/s1. The number of imide groups is 1. The number of aromatic nitrogens is 2. The molecule has 4 aliphatic heterocycles. The number of rotatable bonds is 8. The largest absolute Gasteiger partial charge is 0.383 e. The van der Waals surface area contributed by atoms with Crippen molar-refractivity contribution in [1.29, 1.82) is 0 Å². The summed E-state index contributed by atoms with van der Waals surface area (Å²) >= 11 is 0. The molecule has 4 saturated carbocycles. The van der Waals surface area contributed by atoms with Crippen LogP contribution < -0.4 is 16.2 Å². The van der Waals surface area contributed by atoms with Crippen LogP contribution in [0.4, 0.5) is 5.69 Å². The van der Waals surface area contributed by atoms with Gasteiger partial charge in [0, 0.05) is 50.4 Å². The zero-order chi connectivity index (χ0) is 29.3. The van der Waals surface area contributed by atoms with Gasteiger partial charge in [0.15, 0.2) is 0 Å². The van der Waals surface area contributed by atoms with Crippen LogP contribution >= 0.6 is 0 Å². The van der Waals surface area contributed by atoms with Crippen LogP contribution in [0.2, 0.25) is 0 Å². The highest BCUT2D eigenvalue weighted by atomic mass is 16.2. The summed E-state index contributed by atoms with van der Waals surface area (Å²) < 4.78 is 1.47. The molecule has 9 nitrogen and oxygen atoms in total. The third kappa shape index (κ3) is 5.00. The van der Waals surface area contributed by atoms with E-state index in [0.717, 1.165) is 43.1 Å². The monoisotopic (exact) mass is 586 g/mol. The van der Waals surface area contributed by atoms with E-state index in [4.69, 9.17) is 0 Å². The summed E-state index contributed by atoms with van der Waals surface area (Å²) in [5.74, 6) is 2.87. The Bertz CT molecular complexity index is 1470. The van der Waals surface area contributed by atoms with Crippen molar-refractivity contribution in [3.8, 4) is 0 Å². The van der Waals surface area contributed by atoms with Gasteiger partial charge >= 0.3 is 0 Å². The van der Waals surface area contributed by atoms with Gasteiger partial charge in [-0.1, -0.05) is 6.07 Å². The van der Waals surface area contributed by atoms with Crippen molar-refractivity contribution in [3.05, 3.63) is 34.4 Å². The summed E-state index contributed by atoms with van der Waals surface area (Å²) in [5, 5.41) is 6.44. The van der Waals surface area contributed by atoms with E-state index in [-0.39, 0.29) is 17.9 Å². The quantitative estimate of drug-likeness (QED) is 0.454. The number of piperidine rings is 3. The Balaban J connectivity index is 0.908. The SMILES string of the molecule is Cc1nc2cccc(NCCN3C[C@H]4CC[C@@H]3CN4CCC34CC5CC(CC(C5)C3)C4)c2c(=O)n1[C@@H]1CCC(=O)NC1=O. The molecular formula is C34H46N6O3. The molecule has 8 fully saturated rings. The van der Waals surface area contributed by atoms with Crippen molar-refractivity contribution in [3.63, 3.8) is 0 Å². The van der Waals surface area contributed by atoms with Gasteiger partial charge in [-0.05, 0) is 113 Å². The summed E-state index contributed by atoms with van der Waals surface area (Å²) in [7, 11) is 0. The normalized spacial score (nSPS) is 35.6. The first-order chi connectivity index (χ1) is 20.8. The van der Waals surface area contributed by atoms with Crippen LogP contribution in [0.1, 0.15) is 82.5 Å². The summed E-state index contributed by atoms with van der Waals surface area (Å²) in [6.45, 7) is 7.09. The highest BCUT2D eigenvalue weighted by Crippen LogP contribution is 2.61. The van der Waals surface area contributed by atoms with Crippen molar-refractivity contribution < 1.29 is 9.59 Å². The first kappa shape index (κ1) is 27.7. The molecule has 5 heterocycles. The zero-order valence-corrected chi connectivity index (χ0v) is 25.5. The molecule has 2 amide bonds. The highest BCUT2D eigenvalue weighted by molar-refractivity contribution is 5.99. The fourth-order valence-electron chi connectivity index (χ4n) is 10.7. The molecule has 1 aromatic carbocycles. The van der Waals surface area contributed by atoms with E-state index in [1.165, 1.54) is 75.4 Å². The molecule has 230 valence electrons. The van der Waals surface area contributed by atoms with Crippen LogP contribution in [0.3, 0.4) is 0 Å². The number of hydrogen-bond donors (Lipinski definition) is 2. The third-order valence-corrected chi connectivity index (χ3v) is 12.2. The molecule has 2 aromatic rings. The minimum Gasteiger partial charge on any atom is -0.383 e.